The fraction of sp³-hybridized carbons (Fsp3) is 0.296. The van der Waals surface area contributed by atoms with Crippen molar-refractivity contribution in [2.24, 2.45) is 0 Å². The number of benzene rings is 2. The predicted molar refractivity (Wildman–Crippen MR) is 131 cm³/mol. The van der Waals surface area contributed by atoms with Crippen LogP contribution in [0.1, 0.15) is 40.3 Å². The van der Waals surface area contributed by atoms with Crippen LogP contribution < -0.4 is 5.32 Å². The third-order valence-electron chi connectivity index (χ3n) is 6.63. The summed E-state index contributed by atoms with van der Waals surface area (Å²) in [4.78, 5) is 19.7. The predicted octanol–water partition coefficient (Wildman–Crippen LogP) is 4.75. The average molecular weight is 440 g/mol. The summed E-state index contributed by atoms with van der Waals surface area (Å²) in [6, 6.07) is 20.7. The Morgan fingerprint density at radius 2 is 1.91 bits per heavy atom. The number of likely N-dealkylation sites (tertiary alicyclic amines) is 1. The van der Waals surface area contributed by atoms with E-state index in [1.165, 1.54) is 16.7 Å². The summed E-state index contributed by atoms with van der Waals surface area (Å²) in [7, 11) is 0. The number of fused-ring (bicyclic) bond motifs is 1. The first-order valence-electron chi connectivity index (χ1n) is 11.5. The van der Waals surface area contributed by atoms with Crippen LogP contribution in [0.15, 0.2) is 60.7 Å². The number of rotatable bonds is 6. The number of nitrogens with zero attached hydrogens (tertiary/aromatic N) is 3. The van der Waals surface area contributed by atoms with Crippen molar-refractivity contribution in [3.63, 3.8) is 0 Å². The SMILES string of the molecule is Cc1ccc(CC(=O)N2CC[C@H](c3ccc4c(NCc5ccccc5)n[nH]c4n3)C2)cc1C. The van der Waals surface area contributed by atoms with Gasteiger partial charge in [-0.15, -0.1) is 0 Å². The smallest absolute Gasteiger partial charge is 0.227 e. The number of anilines is 1. The molecule has 2 aromatic heterocycles. The maximum Gasteiger partial charge on any atom is 0.227 e. The van der Waals surface area contributed by atoms with Crippen LogP contribution in [0.3, 0.4) is 0 Å². The highest BCUT2D eigenvalue weighted by Gasteiger charge is 2.28. The molecule has 4 aromatic rings. The van der Waals surface area contributed by atoms with Gasteiger partial charge in [-0.1, -0.05) is 48.5 Å². The number of pyridine rings is 1. The van der Waals surface area contributed by atoms with E-state index < -0.39 is 0 Å². The van der Waals surface area contributed by atoms with Crippen LogP contribution in [0.25, 0.3) is 11.0 Å². The van der Waals surface area contributed by atoms with Crippen LogP contribution in [-0.2, 0) is 17.8 Å². The highest BCUT2D eigenvalue weighted by atomic mass is 16.2. The third-order valence-corrected chi connectivity index (χ3v) is 6.63. The number of nitrogens with one attached hydrogen (secondary N) is 2. The largest absolute Gasteiger partial charge is 0.364 e. The standard InChI is InChI=1S/C27H29N5O/c1-18-8-9-21(14-19(18)2)15-25(33)32-13-12-22(17-32)24-11-10-23-26(30-31-27(23)29-24)28-16-20-6-4-3-5-7-20/h3-11,14,22H,12-13,15-17H2,1-2H3,(H2,28,29,30,31)/t22-/m0/s1. The molecule has 0 spiro atoms. The second kappa shape index (κ2) is 9.06. The number of carbonyl (C=O) groups excluding carboxylic acids is 1. The van der Waals surface area contributed by atoms with Gasteiger partial charge in [0.25, 0.3) is 0 Å². The number of hydrogen-bond acceptors (Lipinski definition) is 4. The van der Waals surface area contributed by atoms with Gasteiger partial charge < -0.3 is 10.2 Å². The van der Waals surface area contributed by atoms with E-state index in [9.17, 15) is 4.79 Å². The highest BCUT2D eigenvalue weighted by Crippen LogP contribution is 2.29. The molecule has 5 rings (SSSR count). The van der Waals surface area contributed by atoms with Gasteiger partial charge in [0.05, 0.1) is 11.8 Å². The lowest BCUT2D eigenvalue weighted by Gasteiger charge is -2.17. The fourth-order valence-corrected chi connectivity index (χ4v) is 4.49. The van der Waals surface area contributed by atoms with Crippen molar-refractivity contribution in [2.75, 3.05) is 18.4 Å². The van der Waals surface area contributed by atoms with Crippen LogP contribution in [0.4, 0.5) is 5.82 Å². The van der Waals surface area contributed by atoms with Crippen molar-refractivity contribution in [1.82, 2.24) is 20.1 Å². The molecule has 1 amide bonds. The second-order valence-corrected chi connectivity index (χ2v) is 8.96. The first-order chi connectivity index (χ1) is 16.1. The van der Waals surface area contributed by atoms with Gasteiger partial charge >= 0.3 is 0 Å². The molecule has 1 aliphatic heterocycles. The van der Waals surface area contributed by atoms with Crippen molar-refractivity contribution < 1.29 is 4.79 Å². The topological polar surface area (TPSA) is 73.9 Å². The third kappa shape index (κ3) is 4.60. The van der Waals surface area contributed by atoms with E-state index in [1.807, 2.05) is 23.1 Å². The Bertz CT molecular complexity index is 1280. The average Bonchev–Trinajstić information content (AvgIpc) is 3.48. The van der Waals surface area contributed by atoms with E-state index in [-0.39, 0.29) is 11.8 Å². The van der Waals surface area contributed by atoms with Gasteiger partial charge in [-0.2, -0.15) is 5.10 Å². The number of aromatic nitrogens is 3. The summed E-state index contributed by atoms with van der Waals surface area (Å²) >= 11 is 0. The minimum absolute atomic E-state index is 0.191. The van der Waals surface area contributed by atoms with Gasteiger partial charge in [-0.05, 0) is 54.7 Å². The molecule has 33 heavy (non-hydrogen) atoms. The first-order valence-corrected chi connectivity index (χ1v) is 11.5. The summed E-state index contributed by atoms with van der Waals surface area (Å²) in [5.74, 6) is 1.25. The number of amides is 1. The molecule has 1 aliphatic rings. The van der Waals surface area contributed by atoms with Crippen molar-refractivity contribution in [1.29, 1.82) is 0 Å². The van der Waals surface area contributed by atoms with Crippen LogP contribution in [0.5, 0.6) is 0 Å². The summed E-state index contributed by atoms with van der Waals surface area (Å²) in [5.41, 5.74) is 6.57. The summed E-state index contributed by atoms with van der Waals surface area (Å²) in [6.45, 7) is 6.39. The number of aromatic amines is 1. The zero-order chi connectivity index (χ0) is 22.8. The van der Waals surface area contributed by atoms with E-state index in [0.717, 1.165) is 47.6 Å². The van der Waals surface area contributed by atoms with E-state index in [0.29, 0.717) is 13.0 Å². The number of carbonyl (C=O) groups is 1. The van der Waals surface area contributed by atoms with Crippen molar-refractivity contribution >= 4 is 22.8 Å². The molecule has 1 atom stereocenters. The number of H-pyrrole nitrogens is 1. The van der Waals surface area contributed by atoms with E-state index in [2.05, 4.69) is 71.8 Å². The Morgan fingerprint density at radius 3 is 2.73 bits per heavy atom. The summed E-state index contributed by atoms with van der Waals surface area (Å²) < 4.78 is 0. The molecule has 3 heterocycles. The first kappa shape index (κ1) is 21.2. The van der Waals surface area contributed by atoms with Gasteiger partial charge in [-0.3, -0.25) is 9.89 Å². The van der Waals surface area contributed by atoms with Crippen LogP contribution in [0, 0.1) is 13.8 Å². The maximum atomic E-state index is 12.9. The molecule has 0 bridgehead atoms. The molecule has 0 saturated carbocycles. The maximum absolute atomic E-state index is 12.9. The van der Waals surface area contributed by atoms with Gasteiger partial charge in [0.2, 0.25) is 5.91 Å². The molecule has 1 fully saturated rings. The van der Waals surface area contributed by atoms with Crippen molar-refractivity contribution in [2.45, 2.75) is 39.2 Å². The molecule has 168 valence electrons. The number of aryl methyl sites for hydroxylation is 2. The zero-order valence-corrected chi connectivity index (χ0v) is 19.1. The molecular formula is C27H29N5O. The highest BCUT2D eigenvalue weighted by molar-refractivity contribution is 5.87. The minimum Gasteiger partial charge on any atom is -0.364 e. The van der Waals surface area contributed by atoms with Crippen molar-refractivity contribution in [3.8, 4) is 0 Å². The Kier molecular flexibility index (Phi) is 5.82. The quantitative estimate of drug-likeness (QED) is 0.455. The molecule has 2 N–H and O–H groups in total. The van der Waals surface area contributed by atoms with Gasteiger partial charge in [0.1, 0.15) is 0 Å². The van der Waals surface area contributed by atoms with Gasteiger partial charge in [0.15, 0.2) is 11.5 Å². The molecule has 0 aliphatic carbocycles. The molecule has 0 unspecified atom stereocenters. The molecule has 2 aromatic carbocycles. The Labute approximate surface area is 194 Å². The molecule has 1 saturated heterocycles. The Morgan fingerprint density at radius 1 is 1.06 bits per heavy atom. The van der Waals surface area contributed by atoms with Gasteiger partial charge in [0, 0.05) is 31.2 Å². The lowest BCUT2D eigenvalue weighted by molar-refractivity contribution is -0.129. The monoisotopic (exact) mass is 439 g/mol. The molecule has 6 nitrogen and oxygen atoms in total. The Balaban J connectivity index is 1.23. The van der Waals surface area contributed by atoms with E-state index in [1.54, 1.807) is 0 Å². The summed E-state index contributed by atoms with van der Waals surface area (Å²) in [6.07, 6.45) is 1.39. The lowest BCUT2D eigenvalue weighted by Crippen LogP contribution is -2.30. The van der Waals surface area contributed by atoms with Crippen LogP contribution >= 0.6 is 0 Å². The summed E-state index contributed by atoms with van der Waals surface area (Å²) in [5, 5.41) is 11.9. The van der Waals surface area contributed by atoms with E-state index in [4.69, 9.17) is 4.98 Å². The Hall–Kier alpha value is -3.67. The van der Waals surface area contributed by atoms with Crippen LogP contribution in [0.2, 0.25) is 0 Å². The lowest BCUT2D eigenvalue weighted by atomic mass is 10.0. The van der Waals surface area contributed by atoms with Gasteiger partial charge in [-0.25, -0.2) is 4.98 Å². The fourth-order valence-electron chi connectivity index (χ4n) is 4.49. The molecular weight excluding hydrogens is 410 g/mol. The number of hydrogen-bond donors (Lipinski definition) is 2. The van der Waals surface area contributed by atoms with E-state index >= 15 is 0 Å². The molecule has 6 heteroatoms. The minimum atomic E-state index is 0.191. The molecule has 0 radical (unpaired) electrons. The van der Waals surface area contributed by atoms with Crippen LogP contribution in [-0.4, -0.2) is 39.1 Å². The zero-order valence-electron chi connectivity index (χ0n) is 19.1. The van der Waals surface area contributed by atoms with Crippen molar-refractivity contribution in [3.05, 3.63) is 88.6 Å². The second-order valence-electron chi connectivity index (χ2n) is 8.96. The normalized spacial score (nSPS) is 15.8.